The fourth-order valence-electron chi connectivity index (χ4n) is 2.42. The van der Waals surface area contributed by atoms with Crippen molar-refractivity contribution in [2.24, 2.45) is 5.92 Å². The lowest BCUT2D eigenvalue weighted by Gasteiger charge is -2.29. The number of aromatic nitrogens is 1. The molecule has 0 spiro atoms. The van der Waals surface area contributed by atoms with E-state index >= 15 is 0 Å². The van der Waals surface area contributed by atoms with Crippen LogP contribution in [0, 0.1) is 5.92 Å². The highest BCUT2D eigenvalue weighted by molar-refractivity contribution is 5.94. The zero-order valence-corrected chi connectivity index (χ0v) is 11.0. The van der Waals surface area contributed by atoms with Gasteiger partial charge in [-0.05, 0) is 24.8 Å². The summed E-state index contributed by atoms with van der Waals surface area (Å²) in [5.74, 6) is 1.05. The number of hydrogen-bond acceptors (Lipinski definition) is 3. The summed E-state index contributed by atoms with van der Waals surface area (Å²) >= 11 is 0. The Hall–Kier alpha value is -1.58. The van der Waals surface area contributed by atoms with Crippen molar-refractivity contribution in [3.63, 3.8) is 0 Å². The Labute approximate surface area is 108 Å². The second-order valence-corrected chi connectivity index (χ2v) is 4.93. The van der Waals surface area contributed by atoms with Gasteiger partial charge in [-0.15, -0.1) is 0 Å². The van der Waals surface area contributed by atoms with E-state index in [1.54, 1.807) is 25.4 Å². The highest BCUT2D eigenvalue weighted by atomic mass is 16.5. The molecule has 1 N–H and O–H groups in total. The number of pyridine rings is 1. The molecule has 1 fully saturated rings. The fraction of sp³-hybridized carbons (Fsp3) is 0.571. The Bertz CT molecular complexity index is 403. The number of carbonyl (C=O) groups excluding carboxylic acids is 1. The number of hydrogen-bond donors (Lipinski definition) is 1. The predicted molar refractivity (Wildman–Crippen MR) is 69.7 cm³/mol. The fourth-order valence-corrected chi connectivity index (χ4v) is 2.42. The van der Waals surface area contributed by atoms with Crippen LogP contribution in [0.5, 0.6) is 5.88 Å². The van der Waals surface area contributed by atoms with Gasteiger partial charge in [-0.25, -0.2) is 4.98 Å². The number of methoxy groups -OCH3 is 1. The van der Waals surface area contributed by atoms with Crippen molar-refractivity contribution in [3.05, 3.63) is 23.9 Å². The summed E-state index contributed by atoms with van der Waals surface area (Å²) in [5, 5.41) is 3.10. The molecular formula is C14H20N2O2. The molecule has 2 atom stereocenters. The molecule has 4 heteroatoms. The summed E-state index contributed by atoms with van der Waals surface area (Å²) in [6.45, 7) is 2.20. The van der Waals surface area contributed by atoms with E-state index in [9.17, 15) is 4.79 Å². The summed E-state index contributed by atoms with van der Waals surface area (Å²) in [5.41, 5.74) is 0.591. The molecule has 1 saturated carbocycles. The molecule has 1 aromatic rings. The van der Waals surface area contributed by atoms with Crippen LogP contribution < -0.4 is 10.1 Å². The number of ether oxygens (including phenoxy) is 1. The molecule has 1 aliphatic rings. The number of amides is 1. The molecule has 0 unspecified atom stereocenters. The second-order valence-electron chi connectivity index (χ2n) is 4.93. The van der Waals surface area contributed by atoms with Crippen molar-refractivity contribution in [2.45, 2.75) is 38.6 Å². The number of nitrogens with one attached hydrogen (secondary N) is 1. The first-order valence-corrected chi connectivity index (χ1v) is 6.51. The van der Waals surface area contributed by atoms with E-state index < -0.39 is 0 Å². The molecule has 1 aromatic heterocycles. The minimum Gasteiger partial charge on any atom is -0.481 e. The van der Waals surface area contributed by atoms with Crippen LogP contribution in [-0.4, -0.2) is 24.0 Å². The Kier molecular flexibility index (Phi) is 4.18. The van der Waals surface area contributed by atoms with Gasteiger partial charge in [0.25, 0.3) is 5.91 Å². The molecule has 0 aromatic carbocycles. The van der Waals surface area contributed by atoms with Crippen LogP contribution in [0.15, 0.2) is 18.3 Å². The van der Waals surface area contributed by atoms with Gasteiger partial charge < -0.3 is 10.1 Å². The van der Waals surface area contributed by atoms with E-state index in [-0.39, 0.29) is 5.91 Å². The maximum absolute atomic E-state index is 12.1. The third-order valence-corrected chi connectivity index (χ3v) is 3.64. The zero-order chi connectivity index (χ0) is 13.0. The Morgan fingerprint density at radius 2 is 2.17 bits per heavy atom. The molecule has 18 heavy (non-hydrogen) atoms. The average Bonchev–Trinajstić information content (AvgIpc) is 2.41. The number of carbonyl (C=O) groups is 1. The SMILES string of the molecule is COc1ccc(C(=O)N[C@H]2CCCC[C@@H]2C)cn1. The van der Waals surface area contributed by atoms with Crippen LogP contribution in [0.25, 0.3) is 0 Å². The first-order chi connectivity index (χ1) is 8.70. The average molecular weight is 248 g/mol. The smallest absolute Gasteiger partial charge is 0.253 e. The van der Waals surface area contributed by atoms with Crippen molar-refractivity contribution in [3.8, 4) is 5.88 Å². The lowest BCUT2D eigenvalue weighted by Crippen LogP contribution is -2.41. The van der Waals surface area contributed by atoms with Crippen LogP contribution in [0.1, 0.15) is 43.0 Å². The Balaban J connectivity index is 1.97. The Morgan fingerprint density at radius 3 is 2.78 bits per heavy atom. The van der Waals surface area contributed by atoms with Crippen LogP contribution in [-0.2, 0) is 0 Å². The first-order valence-electron chi connectivity index (χ1n) is 6.51. The van der Waals surface area contributed by atoms with E-state index in [1.807, 2.05) is 0 Å². The summed E-state index contributed by atoms with van der Waals surface area (Å²) < 4.78 is 4.97. The minimum absolute atomic E-state index is 0.0381. The van der Waals surface area contributed by atoms with Crippen LogP contribution >= 0.6 is 0 Å². The highest BCUT2D eigenvalue weighted by Crippen LogP contribution is 2.24. The highest BCUT2D eigenvalue weighted by Gasteiger charge is 2.23. The predicted octanol–water partition coefficient (Wildman–Crippen LogP) is 2.40. The van der Waals surface area contributed by atoms with Gasteiger partial charge >= 0.3 is 0 Å². The molecule has 0 radical (unpaired) electrons. The molecule has 0 aliphatic heterocycles. The summed E-state index contributed by atoms with van der Waals surface area (Å²) in [4.78, 5) is 16.1. The van der Waals surface area contributed by atoms with Crippen LogP contribution in [0.4, 0.5) is 0 Å². The maximum Gasteiger partial charge on any atom is 0.253 e. The summed E-state index contributed by atoms with van der Waals surface area (Å²) in [6.07, 6.45) is 6.32. The molecule has 0 bridgehead atoms. The van der Waals surface area contributed by atoms with Gasteiger partial charge in [0.05, 0.1) is 12.7 Å². The van der Waals surface area contributed by atoms with Gasteiger partial charge in [0.2, 0.25) is 5.88 Å². The van der Waals surface area contributed by atoms with Gasteiger partial charge in [0.1, 0.15) is 0 Å². The van der Waals surface area contributed by atoms with Gasteiger partial charge in [-0.2, -0.15) is 0 Å². The van der Waals surface area contributed by atoms with Crippen molar-refractivity contribution < 1.29 is 9.53 Å². The molecule has 1 heterocycles. The van der Waals surface area contributed by atoms with Crippen molar-refractivity contribution in [2.75, 3.05) is 7.11 Å². The third-order valence-electron chi connectivity index (χ3n) is 3.64. The minimum atomic E-state index is -0.0381. The van der Waals surface area contributed by atoms with Gasteiger partial charge in [0, 0.05) is 18.3 Å². The molecule has 4 nitrogen and oxygen atoms in total. The van der Waals surface area contributed by atoms with Crippen molar-refractivity contribution in [1.82, 2.24) is 10.3 Å². The molecular weight excluding hydrogens is 228 g/mol. The molecule has 1 amide bonds. The summed E-state index contributed by atoms with van der Waals surface area (Å²) in [6, 6.07) is 3.75. The van der Waals surface area contributed by atoms with Crippen molar-refractivity contribution >= 4 is 5.91 Å². The maximum atomic E-state index is 12.1. The lowest BCUT2D eigenvalue weighted by atomic mass is 9.86. The number of nitrogens with zero attached hydrogens (tertiary/aromatic N) is 1. The number of rotatable bonds is 3. The largest absolute Gasteiger partial charge is 0.481 e. The molecule has 2 rings (SSSR count). The van der Waals surface area contributed by atoms with E-state index in [0.29, 0.717) is 23.4 Å². The zero-order valence-electron chi connectivity index (χ0n) is 11.0. The topological polar surface area (TPSA) is 51.2 Å². The first kappa shape index (κ1) is 12.9. The van der Waals surface area contributed by atoms with E-state index in [2.05, 4.69) is 17.2 Å². The molecule has 1 aliphatic carbocycles. The second kappa shape index (κ2) is 5.85. The van der Waals surface area contributed by atoms with Gasteiger partial charge in [-0.3, -0.25) is 4.79 Å². The standard InChI is InChI=1S/C14H20N2O2/c1-10-5-3-4-6-12(10)16-14(17)11-7-8-13(18-2)15-9-11/h7-10,12H,3-6H2,1-2H3,(H,16,17)/t10-,12-/m0/s1. The van der Waals surface area contributed by atoms with E-state index in [0.717, 1.165) is 6.42 Å². The quantitative estimate of drug-likeness (QED) is 0.893. The van der Waals surface area contributed by atoms with E-state index in [1.165, 1.54) is 19.3 Å². The molecule has 0 saturated heterocycles. The van der Waals surface area contributed by atoms with Crippen molar-refractivity contribution in [1.29, 1.82) is 0 Å². The van der Waals surface area contributed by atoms with Gasteiger partial charge in [0.15, 0.2) is 0 Å². The van der Waals surface area contributed by atoms with E-state index in [4.69, 9.17) is 4.74 Å². The molecule has 98 valence electrons. The third kappa shape index (κ3) is 3.00. The van der Waals surface area contributed by atoms with Gasteiger partial charge in [-0.1, -0.05) is 19.8 Å². The normalized spacial score (nSPS) is 23.4. The monoisotopic (exact) mass is 248 g/mol. The summed E-state index contributed by atoms with van der Waals surface area (Å²) in [7, 11) is 1.56. The Morgan fingerprint density at radius 1 is 1.39 bits per heavy atom. The van der Waals surface area contributed by atoms with Crippen LogP contribution in [0.3, 0.4) is 0 Å². The lowest BCUT2D eigenvalue weighted by molar-refractivity contribution is 0.0910. The van der Waals surface area contributed by atoms with Crippen LogP contribution in [0.2, 0.25) is 0 Å².